The lowest BCUT2D eigenvalue weighted by atomic mass is 10.1. The maximum Gasteiger partial charge on any atom is 0.328 e. The van der Waals surface area contributed by atoms with Crippen molar-refractivity contribution in [3.63, 3.8) is 0 Å². The van der Waals surface area contributed by atoms with E-state index in [4.69, 9.17) is 0 Å². The van der Waals surface area contributed by atoms with Crippen LogP contribution in [0.15, 0.2) is 49.1 Å². The van der Waals surface area contributed by atoms with Crippen LogP contribution in [0.1, 0.15) is 10.4 Å². The summed E-state index contributed by atoms with van der Waals surface area (Å²) >= 11 is 0. The maximum atomic E-state index is 13.0. The van der Waals surface area contributed by atoms with Crippen molar-refractivity contribution in [1.82, 2.24) is 24.5 Å². The van der Waals surface area contributed by atoms with E-state index < -0.39 is 12.0 Å². The molecule has 0 bridgehead atoms. The molecule has 132 valence electrons. The van der Waals surface area contributed by atoms with E-state index in [1.54, 1.807) is 40.1 Å². The topological polar surface area (TPSA) is 104 Å². The molecule has 1 N–H and O–H groups in total. The van der Waals surface area contributed by atoms with Crippen LogP contribution in [0.4, 0.5) is 5.95 Å². The Balaban J connectivity index is 1.62. The number of piperazine rings is 1. The number of rotatable bonds is 3. The molecule has 0 saturated carbocycles. The molecular weight excluding hydrogens is 336 g/mol. The fourth-order valence-corrected chi connectivity index (χ4v) is 3.13. The smallest absolute Gasteiger partial charge is 0.328 e. The lowest BCUT2D eigenvalue weighted by Gasteiger charge is -2.39. The van der Waals surface area contributed by atoms with E-state index in [9.17, 15) is 14.7 Å². The second-order valence-electron chi connectivity index (χ2n) is 5.94. The maximum absolute atomic E-state index is 13.0. The molecule has 26 heavy (non-hydrogen) atoms. The Morgan fingerprint density at radius 3 is 2.69 bits per heavy atom. The Hall–Kier alpha value is -3.49. The minimum atomic E-state index is -1.06. The van der Waals surface area contributed by atoms with Crippen LogP contribution in [0.3, 0.4) is 0 Å². The molecule has 1 atom stereocenters. The molecule has 1 saturated heterocycles. The van der Waals surface area contributed by atoms with Gasteiger partial charge < -0.3 is 14.9 Å². The number of nitrogens with zero attached hydrogens (tertiary/aromatic N) is 6. The van der Waals surface area contributed by atoms with Crippen LogP contribution in [0.5, 0.6) is 0 Å². The van der Waals surface area contributed by atoms with Gasteiger partial charge in [-0.1, -0.05) is 6.07 Å². The summed E-state index contributed by atoms with van der Waals surface area (Å²) in [4.78, 5) is 36.3. The number of hydrogen-bond acceptors (Lipinski definition) is 6. The highest BCUT2D eigenvalue weighted by Gasteiger charge is 2.37. The van der Waals surface area contributed by atoms with E-state index in [-0.39, 0.29) is 19.0 Å². The number of amides is 1. The van der Waals surface area contributed by atoms with Crippen LogP contribution in [0.2, 0.25) is 0 Å². The zero-order valence-corrected chi connectivity index (χ0v) is 13.8. The number of carbonyl (C=O) groups excluding carboxylic acids is 1. The van der Waals surface area contributed by atoms with Crippen molar-refractivity contribution in [1.29, 1.82) is 0 Å². The summed E-state index contributed by atoms with van der Waals surface area (Å²) in [6.07, 6.45) is 6.43. The Labute approximate surface area is 148 Å². The molecule has 0 aromatic carbocycles. The first-order chi connectivity index (χ1) is 12.6. The standard InChI is InChI=1S/C17H16N6O3/c24-15(12-10-20-23-7-2-1-4-13(12)23)22-9-8-21(11-14(22)16(25)26)17-18-5-3-6-19-17/h1-7,10,14H,8-9,11H2,(H,25,26)/t14-/m1/s1. The minimum absolute atomic E-state index is 0.129. The SMILES string of the molecule is O=C(O)[C@H]1CN(c2ncccn2)CCN1C(=O)c1cnn2ccccc12. The Morgan fingerprint density at radius 1 is 1.12 bits per heavy atom. The van der Waals surface area contributed by atoms with E-state index in [0.717, 1.165) is 0 Å². The average molecular weight is 352 g/mol. The number of fused-ring (bicyclic) bond motifs is 1. The van der Waals surface area contributed by atoms with E-state index in [0.29, 0.717) is 23.6 Å². The number of hydrogen-bond donors (Lipinski definition) is 1. The number of anilines is 1. The van der Waals surface area contributed by atoms with Gasteiger partial charge in [-0.3, -0.25) is 4.79 Å². The summed E-state index contributed by atoms with van der Waals surface area (Å²) in [6, 6.07) is 6.12. The summed E-state index contributed by atoms with van der Waals surface area (Å²) in [6.45, 7) is 0.848. The summed E-state index contributed by atoms with van der Waals surface area (Å²) in [5.74, 6) is -0.940. The van der Waals surface area contributed by atoms with Crippen LogP contribution < -0.4 is 4.90 Å². The van der Waals surface area contributed by atoms with Crippen molar-refractivity contribution < 1.29 is 14.7 Å². The molecule has 0 spiro atoms. The summed E-state index contributed by atoms with van der Waals surface area (Å²) in [5.41, 5.74) is 1.04. The van der Waals surface area contributed by atoms with Gasteiger partial charge in [0.15, 0.2) is 0 Å². The highest BCUT2D eigenvalue weighted by molar-refractivity contribution is 6.02. The average Bonchev–Trinajstić information content (AvgIpc) is 3.12. The number of carboxylic acid groups (broad SMARTS) is 1. The van der Waals surface area contributed by atoms with Crippen LogP contribution in [0, 0.1) is 0 Å². The number of carboxylic acids is 1. The van der Waals surface area contributed by atoms with Gasteiger partial charge in [-0.25, -0.2) is 19.3 Å². The first kappa shape index (κ1) is 16.0. The molecule has 9 heteroatoms. The number of aliphatic carboxylic acids is 1. The van der Waals surface area contributed by atoms with Gasteiger partial charge in [0.25, 0.3) is 5.91 Å². The van der Waals surface area contributed by atoms with Crippen molar-refractivity contribution in [2.45, 2.75) is 6.04 Å². The minimum Gasteiger partial charge on any atom is -0.480 e. The van der Waals surface area contributed by atoms with E-state index >= 15 is 0 Å². The zero-order chi connectivity index (χ0) is 18.1. The molecule has 1 aliphatic heterocycles. The summed E-state index contributed by atoms with van der Waals surface area (Å²) < 4.78 is 1.59. The molecule has 4 heterocycles. The number of aromatic nitrogens is 4. The third-order valence-corrected chi connectivity index (χ3v) is 4.42. The van der Waals surface area contributed by atoms with Crippen LogP contribution in [0.25, 0.3) is 5.52 Å². The normalized spacial score (nSPS) is 17.5. The molecule has 0 aliphatic carbocycles. The van der Waals surface area contributed by atoms with E-state index in [1.807, 2.05) is 12.1 Å². The van der Waals surface area contributed by atoms with Crippen molar-refractivity contribution in [2.75, 3.05) is 24.5 Å². The largest absolute Gasteiger partial charge is 0.480 e. The van der Waals surface area contributed by atoms with Crippen molar-refractivity contribution in [3.05, 3.63) is 54.6 Å². The lowest BCUT2D eigenvalue weighted by Crippen LogP contribution is -2.58. The molecule has 0 unspecified atom stereocenters. The van der Waals surface area contributed by atoms with Gasteiger partial charge in [0, 0.05) is 31.7 Å². The first-order valence-corrected chi connectivity index (χ1v) is 8.13. The number of carbonyl (C=O) groups is 2. The predicted molar refractivity (Wildman–Crippen MR) is 91.9 cm³/mol. The fraction of sp³-hybridized carbons (Fsp3) is 0.235. The zero-order valence-electron chi connectivity index (χ0n) is 13.8. The predicted octanol–water partition coefficient (Wildman–Crippen LogP) is 0.540. The second-order valence-corrected chi connectivity index (χ2v) is 5.94. The first-order valence-electron chi connectivity index (χ1n) is 8.13. The number of pyridine rings is 1. The quantitative estimate of drug-likeness (QED) is 0.733. The van der Waals surface area contributed by atoms with Gasteiger partial charge in [-0.2, -0.15) is 5.10 Å². The van der Waals surface area contributed by atoms with Crippen molar-refractivity contribution in [3.8, 4) is 0 Å². The molecule has 3 aromatic heterocycles. The highest BCUT2D eigenvalue weighted by Crippen LogP contribution is 2.20. The van der Waals surface area contributed by atoms with Gasteiger partial charge in [0.05, 0.1) is 23.8 Å². The van der Waals surface area contributed by atoms with E-state index in [1.165, 1.54) is 11.1 Å². The Bertz CT molecular complexity index is 957. The van der Waals surface area contributed by atoms with E-state index in [2.05, 4.69) is 15.1 Å². The van der Waals surface area contributed by atoms with Crippen LogP contribution in [-0.2, 0) is 4.79 Å². The molecule has 1 amide bonds. The molecule has 1 aliphatic rings. The molecule has 4 rings (SSSR count). The van der Waals surface area contributed by atoms with Crippen molar-refractivity contribution >= 4 is 23.3 Å². The molecule has 3 aromatic rings. The van der Waals surface area contributed by atoms with Crippen molar-refractivity contribution in [2.24, 2.45) is 0 Å². The Kier molecular flexibility index (Phi) is 3.96. The van der Waals surface area contributed by atoms with Crippen LogP contribution in [-0.4, -0.2) is 67.1 Å². The third kappa shape index (κ3) is 2.73. The van der Waals surface area contributed by atoms with Crippen LogP contribution >= 0.6 is 0 Å². The Morgan fingerprint density at radius 2 is 1.92 bits per heavy atom. The summed E-state index contributed by atoms with van der Waals surface area (Å²) in [7, 11) is 0. The van der Waals surface area contributed by atoms with Gasteiger partial charge >= 0.3 is 5.97 Å². The lowest BCUT2D eigenvalue weighted by molar-refractivity contribution is -0.142. The third-order valence-electron chi connectivity index (χ3n) is 4.42. The van der Waals surface area contributed by atoms with Gasteiger partial charge in [-0.15, -0.1) is 0 Å². The fourth-order valence-electron chi connectivity index (χ4n) is 3.13. The molecule has 1 fully saturated rings. The van der Waals surface area contributed by atoms with Gasteiger partial charge in [0.2, 0.25) is 5.95 Å². The highest BCUT2D eigenvalue weighted by atomic mass is 16.4. The second kappa shape index (κ2) is 6.43. The van der Waals surface area contributed by atoms with Gasteiger partial charge in [0.1, 0.15) is 6.04 Å². The molecular formula is C17H16N6O3. The molecule has 9 nitrogen and oxygen atoms in total. The monoisotopic (exact) mass is 352 g/mol. The summed E-state index contributed by atoms with van der Waals surface area (Å²) in [5, 5.41) is 13.8. The molecule has 0 radical (unpaired) electrons. The van der Waals surface area contributed by atoms with Gasteiger partial charge in [-0.05, 0) is 18.2 Å².